The molecule has 0 aliphatic rings. The van der Waals surface area contributed by atoms with Crippen molar-refractivity contribution in [2.45, 2.75) is 0 Å². The average molecular weight is 572 g/mol. The van der Waals surface area contributed by atoms with Crippen molar-refractivity contribution in [3.8, 4) is 34.2 Å². The summed E-state index contributed by atoms with van der Waals surface area (Å²) in [6.07, 6.45) is 0. The smallest absolute Gasteiger partial charge is 0.165 e. The molecule has 0 aliphatic carbocycles. The second-order valence-corrected chi connectivity index (χ2v) is 12.5. The predicted octanol–water partition coefficient (Wildman–Crippen LogP) is 10.8. The maximum Gasteiger partial charge on any atom is 0.165 e. The molecular formula is C37H21N3S2. The molecule has 0 saturated heterocycles. The number of nitrogens with zero attached hydrogens (tertiary/aromatic N) is 3. The van der Waals surface area contributed by atoms with Gasteiger partial charge in [-0.1, -0.05) is 97.1 Å². The van der Waals surface area contributed by atoms with Crippen molar-refractivity contribution in [3.05, 3.63) is 127 Å². The molecule has 0 aliphatic heterocycles. The van der Waals surface area contributed by atoms with Crippen LogP contribution in [0.3, 0.4) is 0 Å². The molecule has 0 amide bonds. The molecule has 42 heavy (non-hydrogen) atoms. The molecule has 6 aromatic carbocycles. The molecule has 9 rings (SSSR count). The predicted molar refractivity (Wildman–Crippen MR) is 179 cm³/mol. The van der Waals surface area contributed by atoms with Crippen LogP contribution in [0.15, 0.2) is 127 Å². The lowest BCUT2D eigenvalue weighted by molar-refractivity contribution is 1.08. The van der Waals surface area contributed by atoms with Crippen LogP contribution in [0.1, 0.15) is 0 Å². The van der Waals surface area contributed by atoms with Crippen LogP contribution in [0.4, 0.5) is 0 Å². The van der Waals surface area contributed by atoms with Gasteiger partial charge in [0, 0.05) is 57.0 Å². The van der Waals surface area contributed by atoms with Crippen molar-refractivity contribution in [1.29, 1.82) is 0 Å². The third-order valence-corrected chi connectivity index (χ3v) is 10.4. The van der Waals surface area contributed by atoms with E-state index >= 15 is 0 Å². The van der Waals surface area contributed by atoms with Gasteiger partial charge in [0.25, 0.3) is 0 Å². The fraction of sp³-hybridized carbons (Fsp3) is 0. The van der Waals surface area contributed by atoms with Crippen LogP contribution in [0, 0.1) is 0 Å². The zero-order chi connectivity index (χ0) is 27.6. The minimum atomic E-state index is 0.678. The summed E-state index contributed by atoms with van der Waals surface area (Å²) in [7, 11) is 0. The summed E-state index contributed by atoms with van der Waals surface area (Å²) < 4.78 is 4.92. The number of rotatable bonds is 3. The maximum atomic E-state index is 5.19. The van der Waals surface area contributed by atoms with Crippen LogP contribution < -0.4 is 0 Å². The Balaban J connectivity index is 1.34. The molecule has 196 valence electrons. The Morgan fingerprint density at radius 1 is 0.381 bits per heavy atom. The molecule has 0 radical (unpaired) electrons. The number of fused-ring (bicyclic) bond motifs is 7. The first-order valence-electron chi connectivity index (χ1n) is 13.9. The Labute approximate surface area is 249 Å². The number of thiophene rings is 2. The average Bonchev–Trinajstić information content (AvgIpc) is 3.63. The zero-order valence-electron chi connectivity index (χ0n) is 22.3. The summed E-state index contributed by atoms with van der Waals surface area (Å²) in [5.41, 5.74) is 3.04. The van der Waals surface area contributed by atoms with E-state index in [4.69, 9.17) is 15.0 Å². The van der Waals surface area contributed by atoms with Gasteiger partial charge in [0.2, 0.25) is 0 Å². The van der Waals surface area contributed by atoms with Crippen LogP contribution in [0.5, 0.6) is 0 Å². The van der Waals surface area contributed by atoms with Crippen LogP contribution >= 0.6 is 22.7 Å². The third-order valence-electron chi connectivity index (χ3n) is 7.93. The van der Waals surface area contributed by atoms with E-state index in [2.05, 4.69) is 127 Å². The normalized spacial score (nSPS) is 11.8. The van der Waals surface area contributed by atoms with E-state index in [0.717, 1.165) is 22.1 Å². The van der Waals surface area contributed by atoms with Gasteiger partial charge in [-0.15, -0.1) is 22.7 Å². The molecule has 0 N–H and O–H groups in total. The molecule has 5 heteroatoms. The molecule has 3 nitrogen and oxygen atoms in total. The molecular weight excluding hydrogens is 551 g/mol. The molecule has 0 saturated carbocycles. The molecule has 0 bridgehead atoms. The van der Waals surface area contributed by atoms with E-state index < -0.39 is 0 Å². The minimum absolute atomic E-state index is 0.678. The highest BCUT2D eigenvalue weighted by molar-refractivity contribution is 7.26. The Bertz CT molecular complexity index is 2360. The Morgan fingerprint density at radius 3 is 1.50 bits per heavy atom. The summed E-state index contributed by atoms with van der Waals surface area (Å²) in [6.45, 7) is 0. The van der Waals surface area contributed by atoms with Crippen molar-refractivity contribution in [2.24, 2.45) is 0 Å². The molecule has 0 atom stereocenters. The molecule has 3 aromatic heterocycles. The van der Waals surface area contributed by atoms with E-state index in [1.165, 1.54) is 45.7 Å². The lowest BCUT2D eigenvalue weighted by Gasteiger charge is -2.10. The van der Waals surface area contributed by atoms with Gasteiger partial charge in [-0.3, -0.25) is 0 Å². The van der Waals surface area contributed by atoms with Crippen LogP contribution in [0.2, 0.25) is 0 Å². The molecule has 0 fully saturated rings. The van der Waals surface area contributed by atoms with Gasteiger partial charge < -0.3 is 0 Å². The maximum absolute atomic E-state index is 5.19. The minimum Gasteiger partial charge on any atom is -0.208 e. The van der Waals surface area contributed by atoms with E-state index in [1.807, 2.05) is 0 Å². The van der Waals surface area contributed by atoms with Crippen LogP contribution in [-0.4, -0.2) is 15.0 Å². The first-order chi connectivity index (χ1) is 20.8. The second kappa shape index (κ2) is 9.28. The highest BCUT2D eigenvalue weighted by Gasteiger charge is 2.19. The first kappa shape index (κ1) is 23.7. The Hall–Kier alpha value is -4.97. The highest BCUT2D eigenvalue weighted by Crippen LogP contribution is 2.42. The van der Waals surface area contributed by atoms with Gasteiger partial charge in [-0.05, 0) is 41.1 Å². The second-order valence-electron chi connectivity index (χ2n) is 10.4. The third kappa shape index (κ3) is 3.68. The van der Waals surface area contributed by atoms with Crippen LogP contribution in [-0.2, 0) is 0 Å². The quantitative estimate of drug-likeness (QED) is 0.212. The highest BCUT2D eigenvalue weighted by atomic mass is 32.1. The van der Waals surface area contributed by atoms with Crippen molar-refractivity contribution in [1.82, 2.24) is 15.0 Å². The van der Waals surface area contributed by atoms with E-state index in [0.29, 0.717) is 17.5 Å². The van der Waals surface area contributed by atoms with Gasteiger partial charge in [-0.2, -0.15) is 0 Å². The molecule has 9 aromatic rings. The number of aromatic nitrogens is 3. The van der Waals surface area contributed by atoms with Crippen molar-refractivity contribution < 1.29 is 0 Å². The lowest BCUT2D eigenvalue weighted by Crippen LogP contribution is -2.00. The molecule has 0 spiro atoms. The van der Waals surface area contributed by atoms with Crippen molar-refractivity contribution >= 4 is 73.8 Å². The Morgan fingerprint density at radius 2 is 0.881 bits per heavy atom. The fourth-order valence-electron chi connectivity index (χ4n) is 5.92. The summed E-state index contributed by atoms with van der Waals surface area (Å²) in [6, 6.07) is 44.9. The van der Waals surface area contributed by atoms with Gasteiger partial charge in [0.05, 0.1) is 0 Å². The van der Waals surface area contributed by atoms with Gasteiger partial charge in [-0.25, -0.2) is 15.0 Å². The Kier molecular flexibility index (Phi) is 5.24. The van der Waals surface area contributed by atoms with Gasteiger partial charge >= 0.3 is 0 Å². The van der Waals surface area contributed by atoms with Crippen LogP contribution in [0.25, 0.3) is 85.3 Å². The number of benzene rings is 6. The van der Waals surface area contributed by atoms with Gasteiger partial charge in [0.15, 0.2) is 17.5 Å². The zero-order valence-corrected chi connectivity index (χ0v) is 23.9. The van der Waals surface area contributed by atoms with E-state index in [9.17, 15) is 0 Å². The number of hydrogen-bond acceptors (Lipinski definition) is 5. The van der Waals surface area contributed by atoms with Crippen molar-refractivity contribution in [3.63, 3.8) is 0 Å². The molecule has 0 unspecified atom stereocenters. The standard InChI is InChI=1S/C37H21N3S2/c1-2-10-23-21-24(20-19-22(23)9-1)35-38-36(29-15-7-13-27-25-11-3-5-17-31(25)41-33(27)29)40-37(39-35)30-16-8-14-28-26-12-4-6-18-32(26)42-34(28)30/h1-21H. The first-order valence-corrected chi connectivity index (χ1v) is 15.5. The summed E-state index contributed by atoms with van der Waals surface area (Å²) in [5.74, 6) is 2.06. The monoisotopic (exact) mass is 571 g/mol. The summed E-state index contributed by atoms with van der Waals surface area (Å²) in [4.78, 5) is 15.5. The fourth-order valence-corrected chi connectivity index (χ4v) is 8.34. The number of hydrogen-bond donors (Lipinski definition) is 0. The van der Waals surface area contributed by atoms with E-state index in [-0.39, 0.29) is 0 Å². The SMILES string of the molecule is c1ccc2cc(-c3nc(-c4cccc5c4sc4ccccc45)nc(-c4cccc5c4sc4ccccc45)n3)ccc2c1. The summed E-state index contributed by atoms with van der Waals surface area (Å²) >= 11 is 3.59. The van der Waals surface area contributed by atoms with E-state index in [1.54, 1.807) is 22.7 Å². The lowest BCUT2D eigenvalue weighted by atomic mass is 10.1. The van der Waals surface area contributed by atoms with Crippen molar-refractivity contribution in [2.75, 3.05) is 0 Å². The topological polar surface area (TPSA) is 38.7 Å². The molecule has 3 heterocycles. The largest absolute Gasteiger partial charge is 0.208 e. The van der Waals surface area contributed by atoms with Gasteiger partial charge in [0.1, 0.15) is 0 Å². The summed E-state index contributed by atoms with van der Waals surface area (Å²) in [5, 5.41) is 7.34.